The van der Waals surface area contributed by atoms with Crippen LogP contribution in [0.2, 0.25) is 0 Å². The van der Waals surface area contributed by atoms with Crippen LogP contribution in [-0.2, 0) is 19.3 Å². The first kappa shape index (κ1) is 16.2. The van der Waals surface area contributed by atoms with Gasteiger partial charge in [0.15, 0.2) is 11.7 Å². The number of halogens is 3. The predicted octanol–water partition coefficient (Wildman–Crippen LogP) is 2.42. The lowest BCUT2D eigenvalue weighted by Crippen LogP contribution is -2.36. The Labute approximate surface area is 129 Å². The van der Waals surface area contributed by atoms with Gasteiger partial charge in [0.25, 0.3) is 0 Å². The number of pyridine rings is 1. The third kappa shape index (κ3) is 4.69. The molecule has 0 bridgehead atoms. The van der Waals surface area contributed by atoms with Gasteiger partial charge in [0.2, 0.25) is 0 Å². The molecule has 0 amide bonds. The van der Waals surface area contributed by atoms with Crippen molar-refractivity contribution in [3.05, 3.63) is 46.2 Å². The SMILES string of the molecule is CN=C(NCc1ccccn1)NCc1nc(C(F)(F)F)cs1. The second kappa shape index (κ2) is 7.21. The maximum Gasteiger partial charge on any atom is 0.434 e. The Morgan fingerprint density at radius 1 is 1.27 bits per heavy atom. The molecular weight excluding hydrogens is 315 g/mol. The van der Waals surface area contributed by atoms with Gasteiger partial charge in [-0.1, -0.05) is 6.07 Å². The highest BCUT2D eigenvalue weighted by atomic mass is 32.1. The van der Waals surface area contributed by atoms with Crippen LogP contribution in [0.3, 0.4) is 0 Å². The van der Waals surface area contributed by atoms with Gasteiger partial charge in [-0.3, -0.25) is 9.98 Å². The highest BCUT2D eigenvalue weighted by Gasteiger charge is 2.33. The summed E-state index contributed by atoms with van der Waals surface area (Å²) in [6, 6.07) is 5.54. The molecule has 0 saturated heterocycles. The molecule has 0 aliphatic carbocycles. The number of thiazole rings is 1. The second-order valence-electron chi connectivity index (χ2n) is 4.22. The molecule has 0 radical (unpaired) electrons. The number of aromatic nitrogens is 2. The van der Waals surface area contributed by atoms with E-state index in [-0.39, 0.29) is 6.54 Å². The largest absolute Gasteiger partial charge is 0.434 e. The van der Waals surface area contributed by atoms with Crippen LogP contribution < -0.4 is 10.6 Å². The van der Waals surface area contributed by atoms with Crippen molar-refractivity contribution in [1.82, 2.24) is 20.6 Å². The number of guanidine groups is 1. The van der Waals surface area contributed by atoms with Crippen molar-refractivity contribution in [2.45, 2.75) is 19.3 Å². The first-order valence-electron chi connectivity index (χ1n) is 6.35. The molecule has 22 heavy (non-hydrogen) atoms. The quantitative estimate of drug-likeness (QED) is 0.668. The summed E-state index contributed by atoms with van der Waals surface area (Å²) in [5.74, 6) is 0.467. The molecule has 5 nitrogen and oxygen atoms in total. The summed E-state index contributed by atoms with van der Waals surface area (Å²) in [4.78, 5) is 11.7. The van der Waals surface area contributed by atoms with Crippen molar-refractivity contribution in [3.63, 3.8) is 0 Å². The minimum Gasteiger partial charge on any atom is -0.351 e. The summed E-state index contributed by atoms with van der Waals surface area (Å²) in [5, 5.41) is 7.28. The molecule has 9 heteroatoms. The lowest BCUT2D eigenvalue weighted by molar-refractivity contribution is -0.140. The third-order valence-electron chi connectivity index (χ3n) is 2.64. The molecule has 118 valence electrons. The van der Waals surface area contributed by atoms with Gasteiger partial charge >= 0.3 is 6.18 Å². The number of alkyl halides is 3. The Bertz CT molecular complexity index is 624. The van der Waals surface area contributed by atoms with Crippen LogP contribution in [0.25, 0.3) is 0 Å². The number of aliphatic imine (C=N–C) groups is 1. The van der Waals surface area contributed by atoms with Crippen LogP contribution in [0.5, 0.6) is 0 Å². The van der Waals surface area contributed by atoms with Gasteiger partial charge in [-0.05, 0) is 12.1 Å². The molecule has 2 rings (SSSR count). The molecule has 0 spiro atoms. The minimum absolute atomic E-state index is 0.169. The fraction of sp³-hybridized carbons (Fsp3) is 0.308. The molecule has 2 aromatic heterocycles. The molecule has 0 saturated carbocycles. The summed E-state index contributed by atoms with van der Waals surface area (Å²) in [6.45, 7) is 0.634. The zero-order valence-corrected chi connectivity index (χ0v) is 12.5. The van der Waals surface area contributed by atoms with Gasteiger partial charge in [-0.2, -0.15) is 13.2 Å². The summed E-state index contributed by atoms with van der Waals surface area (Å²) >= 11 is 0.955. The van der Waals surface area contributed by atoms with Crippen LogP contribution in [0.4, 0.5) is 13.2 Å². The Morgan fingerprint density at radius 3 is 2.64 bits per heavy atom. The van der Waals surface area contributed by atoms with E-state index in [4.69, 9.17) is 0 Å². The molecule has 0 aliphatic heterocycles. The minimum atomic E-state index is -4.41. The van der Waals surface area contributed by atoms with Crippen LogP contribution in [-0.4, -0.2) is 23.0 Å². The van der Waals surface area contributed by atoms with Crippen molar-refractivity contribution >= 4 is 17.3 Å². The highest BCUT2D eigenvalue weighted by Crippen LogP contribution is 2.29. The molecule has 0 atom stereocenters. The fourth-order valence-electron chi connectivity index (χ4n) is 1.58. The molecule has 2 N–H and O–H groups in total. The number of hydrogen-bond donors (Lipinski definition) is 2. The normalized spacial score (nSPS) is 12.3. The Hall–Kier alpha value is -2.16. The zero-order valence-electron chi connectivity index (χ0n) is 11.7. The summed E-state index contributed by atoms with van der Waals surface area (Å²) in [5.41, 5.74) is -0.0372. The molecule has 0 fully saturated rings. The number of nitrogens with zero attached hydrogens (tertiary/aromatic N) is 3. The van der Waals surface area contributed by atoms with E-state index < -0.39 is 11.9 Å². The van der Waals surface area contributed by atoms with Crippen molar-refractivity contribution in [2.75, 3.05) is 7.05 Å². The van der Waals surface area contributed by atoms with Crippen molar-refractivity contribution in [2.24, 2.45) is 4.99 Å². The standard InChI is InChI=1S/C13H14F3N5S/c1-17-12(19-6-9-4-2-3-5-18-9)20-7-11-21-10(8-22-11)13(14,15)16/h2-5,8H,6-7H2,1H3,(H2,17,19,20). The smallest absolute Gasteiger partial charge is 0.351 e. The van der Waals surface area contributed by atoms with Crippen molar-refractivity contribution in [1.29, 1.82) is 0 Å². The third-order valence-corrected chi connectivity index (χ3v) is 3.48. The maximum atomic E-state index is 12.5. The fourth-order valence-corrected chi connectivity index (χ4v) is 2.32. The van der Waals surface area contributed by atoms with E-state index in [0.717, 1.165) is 22.4 Å². The van der Waals surface area contributed by atoms with E-state index in [2.05, 4.69) is 25.6 Å². The van der Waals surface area contributed by atoms with Gasteiger partial charge in [0.05, 0.1) is 18.8 Å². The van der Waals surface area contributed by atoms with Crippen LogP contribution in [0.15, 0.2) is 34.8 Å². The summed E-state index contributed by atoms with van der Waals surface area (Å²) in [7, 11) is 1.58. The van der Waals surface area contributed by atoms with E-state index in [1.807, 2.05) is 18.2 Å². The molecule has 0 aromatic carbocycles. The topological polar surface area (TPSA) is 62.2 Å². The predicted molar refractivity (Wildman–Crippen MR) is 78.4 cm³/mol. The number of hydrogen-bond acceptors (Lipinski definition) is 4. The summed E-state index contributed by atoms with van der Waals surface area (Å²) in [6.07, 6.45) is -2.73. The first-order valence-corrected chi connectivity index (χ1v) is 7.23. The Morgan fingerprint density at radius 2 is 2.05 bits per heavy atom. The Kier molecular flexibility index (Phi) is 5.31. The van der Waals surface area contributed by atoms with E-state index in [1.54, 1.807) is 13.2 Å². The lowest BCUT2D eigenvalue weighted by atomic mass is 10.3. The van der Waals surface area contributed by atoms with Crippen LogP contribution in [0.1, 0.15) is 16.4 Å². The molecule has 0 aliphatic rings. The number of nitrogens with one attached hydrogen (secondary N) is 2. The number of rotatable bonds is 4. The van der Waals surface area contributed by atoms with E-state index >= 15 is 0 Å². The van der Waals surface area contributed by atoms with Crippen molar-refractivity contribution < 1.29 is 13.2 Å². The van der Waals surface area contributed by atoms with Gasteiger partial charge in [0.1, 0.15) is 5.01 Å². The highest BCUT2D eigenvalue weighted by molar-refractivity contribution is 7.09. The molecule has 2 aromatic rings. The average molecular weight is 329 g/mol. The molecule has 2 heterocycles. The zero-order chi connectivity index (χ0) is 16.0. The van der Waals surface area contributed by atoms with Gasteiger partial charge < -0.3 is 10.6 Å². The van der Waals surface area contributed by atoms with E-state index in [9.17, 15) is 13.2 Å². The van der Waals surface area contributed by atoms with E-state index in [1.165, 1.54) is 0 Å². The first-order chi connectivity index (χ1) is 10.5. The lowest BCUT2D eigenvalue weighted by Gasteiger charge is -2.10. The monoisotopic (exact) mass is 329 g/mol. The van der Waals surface area contributed by atoms with Crippen LogP contribution in [0, 0.1) is 0 Å². The Balaban J connectivity index is 1.85. The molecular formula is C13H14F3N5S. The van der Waals surface area contributed by atoms with Gasteiger partial charge in [0, 0.05) is 18.6 Å². The summed E-state index contributed by atoms with van der Waals surface area (Å²) < 4.78 is 37.4. The maximum absolute atomic E-state index is 12.5. The second-order valence-corrected chi connectivity index (χ2v) is 5.17. The molecule has 0 unspecified atom stereocenters. The van der Waals surface area contributed by atoms with E-state index in [0.29, 0.717) is 17.5 Å². The van der Waals surface area contributed by atoms with Gasteiger partial charge in [-0.15, -0.1) is 11.3 Å². The van der Waals surface area contributed by atoms with Crippen molar-refractivity contribution in [3.8, 4) is 0 Å². The average Bonchev–Trinajstić information content (AvgIpc) is 2.97. The van der Waals surface area contributed by atoms with Crippen LogP contribution >= 0.6 is 11.3 Å². The van der Waals surface area contributed by atoms with Gasteiger partial charge in [-0.25, -0.2) is 4.98 Å².